The first kappa shape index (κ1) is 34.9. The monoisotopic (exact) mass is 766 g/mol. The predicted molar refractivity (Wildman–Crippen MR) is 226 cm³/mol. The molecule has 0 aliphatic rings. The van der Waals surface area contributed by atoms with Gasteiger partial charge in [-0.3, -0.25) is 21.6 Å². The first-order valence-corrected chi connectivity index (χ1v) is 17.7. The Bertz CT molecular complexity index is 2840. The summed E-state index contributed by atoms with van der Waals surface area (Å²) in [5.41, 5.74) is 34.5. The van der Waals surface area contributed by atoms with E-state index in [1.54, 1.807) is 24.3 Å². The van der Waals surface area contributed by atoms with Gasteiger partial charge in [0, 0.05) is 22.3 Å². The quantitative estimate of drug-likeness (QED) is 0.0705. The molecule has 0 saturated heterocycles. The van der Waals surface area contributed by atoms with Crippen LogP contribution >= 0.6 is 0 Å². The van der Waals surface area contributed by atoms with Crippen LogP contribution < -0.4 is 22.9 Å². The van der Waals surface area contributed by atoms with Gasteiger partial charge in [-0.15, -0.1) is 0 Å². The summed E-state index contributed by atoms with van der Waals surface area (Å²) in [6.45, 7) is 0. The highest BCUT2D eigenvalue weighted by molar-refractivity contribution is 6.00. The van der Waals surface area contributed by atoms with Gasteiger partial charge in [0.15, 0.2) is 23.3 Å². The number of hydrogen-bond donors (Lipinski definition) is 14. The molecular formula is C40H34N18. The molecule has 0 spiro atoms. The van der Waals surface area contributed by atoms with E-state index in [4.69, 9.17) is 44.6 Å². The number of imidazole rings is 4. The van der Waals surface area contributed by atoms with Crippen molar-refractivity contribution in [2.24, 2.45) is 22.9 Å². The van der Waals surface area contributed by atoms with Crippen molar-refractivity contribution in [2.45, 2.75) is 0 Å². The van der Waals surface area contributed by atoms with Crippen LogP contribution in [0.4, 0.5) is 0 Å². The van der Waals surface area contributed by atoms with E-state index in [1.165, 1.54) is 0 Å². The number of amidine groups is 4. The number of nitrogen functional groups attached to an aromatic ring is 4. The molecule has 0 aliphatic carbocycles. The highest BCUT2D eigenvalue weighted by Gasteiger charge is 2.15. The van der Waals surface area contributed by atoms with Gasteiger partial charge in [-0.1, -0.05) is 0 Å². The number of aromatic amines is 6. The first-order chi connectivity index (χ1) is 27.9. The summed E-state index contributed by atoms with van der Waals surface area (Å²) in [6.07, 6.45) is 0. The maximum absolute atomic E-state index is 7.57. The van der Waals surface area contributed by atoms with Crippen LogP contribution in [-0.2, 0) is 0 Å². The second kappa shape index (κ2) is 13.5. The lowest BCUT2D eigenvalue weighted by Gasteiger charge is -1.96. The van der Waals surface area contributed by atoms with Gasteiger partial charge in [-0.05, 0) is 97.1 Å². The Morgan fingerprint density at radius 2 is 0.552 bits per heavy atom. The lowest BCUT2D eigenvalue weighted by molar-refractivity contribution is 1.24. The fourth-order valence-corrected chi connectivity index (χ4v) is 6.56. The molecular weight excluding hydrogens is 733 g/mol. The SMILES string of the molecule is N=C(N)c1ccc2nc(-c3ccc(-c4nc5ccc(C(=N)N)cc5[nH]4)[nH]3)[nH]c2c1.N=C(N)c1ccc2nc(-c3ccc(-c4nc5ccc(C(=N)N)cc5[nH]4)[nH]3)[nH]c2c1. The maximum Gasteiger partial charge on any atom is 0.154 e. The number of aromatic nitrogens is 10. The molecule has 18 N–H and O–H groups in total. The Morgan fingerprint density at radius 3 is 0.759 bits per heavy atom. The minimum absolute atomic E-state index is 0.0167. The summed E-state index contributed by atoms with van der Waals surface area (Å²) >= 11 is 0. The normalized spacial score (nSPS) is 11.3. The zero-order valence-corrected chi connectivity index (χ0v) is 30.3. The van der Waals surface area contributed by atoms with Crippen LogP contribution in [0.5, 0.6) is 0 Å². The smallest absolute Gasteiger partial charge is 0.154 e. The lowest BCUT2D eigenvalue weighted by atomic mass is 10.2. The molecule has 0 fully saturated rings. The summed E-state index contributed by atoms with van der Waals surface area (Å²) in [7, 11) is 0. The summed E-state index contributed by atoms with van der Waals surface area (Å²) in [6, 6.07) is 29.4. The number of nitrogens with one attached hydrogen (secondary N) is 10. The van der Waals surface area contributed by atoms with Crippen molar-refractivity contribution in [1.29, 1.82) is 21.6 Å². The molecule has 0 amide bonds. The van der Waals surface area contributed by atoms with Gasteiger partial charge in [0.2, 0.25) is 0 Å². The number of nitrogens with zero attached hydrogens (tertiary/aromatic N) is 4. The molecule has 58 heavy (non-hydrogen) atoms. The van der Waals surface area contributed by atoms with E-state index < -0.39 is 0 Å². The van der Waals surface area contributed by atoms with Crippen molar-refractivity contribution in [3.05, 3.63) is 119 Å². The van der Waals surface area contributed by atoms with Crippen LogP contribution in [0.15, 0.2) is 97.1 Å². The largest absolute Gasteiger partial charge is 0.384 e. The summed E-state index contributed by atoms with van der Waals surface area (Å²) in [5, 5.41) is 30.3. The van der Waals surface area contributed by atoms with Crippen molar-refractivity contribution < 1.29 is 0 Å². The van der Waals surface area contributed by atoms with Crippen LogP contribution in [0, 0.1) is 21.6 Å². The number of H-pyrrole nitrogens is 6. The van der Waals surface area contributed by atoms with Gasteiger partial charge in [0.05, 0.1) is 66.9 Å². The summed E-state index contributed by atoms with van der Waals surface area (Å²) in [4.78, 5) is 38.1. The highest BCUT2D eigenvalue weighted by atomic mass is 15.0. The van der Waals surface area contributed by atoms with Gasteiger partial charge in [0.25, 0.3) is 0 Å². The standard InChI is InChI=1S/2C20H17N9/c2*21-17(22)9-1-3-11-15(7-9)28-19(26-11)13-5-6-14(25-13)20-27-12-4-2-10(18(23)24)8-16(12)29-20/h2*1-8,25H,(H3,21,22)(H3,23,24)(H,26,28)(H,27,29). The number of benzene rings is 4. The molecule has 10 rings (SSSR count). The number of rotatable bonds is 8. The molecule has 18 heteroatoms. The molecule has 284 valence electrons. The van der Waals surface area contributed by atoms with E-state index in [0.29, 0.717) is 45.6 Å². The van der Waals surface area contributed by atoms with Crippen LogP contribution in [-0.4, -0.2) is 73.2 Å². The topological polar surface area (TPSA) is 346 Å². The van der Waals surface area contributed by atoms with Crippen molar-refractivity contribution in [2.75, 3.05) is 0 Å². The lowest BCUT2D eigenvalue weighted by Crippen LogP contribution is -2.10. The van der Waals surface area contributed by atoms with Crippen molar-refractivity contribution in [3.63, 3.8) is 0 Å². The predicted octanol–water partition coefficient (Wildman–Crippen LogP) is 5.34. The third-order valence-corrected chi connectivity index (χ3v) is 9.56. The second-order valence-corrected chi connectivity index (χ2v) is 13.5. The van der Waals surface area contributed by atoms with Gasteiger partial charge in [-0.25, -0.2) is 19.9 Å². The van der Waals surface area contributed by atoms with E-state index in [2.05, 4.69) is 49.8 Å². The second-order valence-electron chi connectivity index (χ2n) is 13.5. The Kier molecular flexibility index (Phi) is 8.13. The molecule has 0 radical (unpaired) electrons. The molecule has 0 unspecified atom stereocenters. The van der Waals surface area contributed by atoms with Crippen LogP contribution in [0.3, 0.4) is 0 Å². The average Bonchev–Trinajstić information content (AvgIpc) is 4.06. The van der Waals surface area contributed by atoms with Gasteiger partial charge >= 0.3 is 0 Å². The third-order valence-electron chi connectivity index (χ3n) is 9.56. The van der Waals surface area contributed by atoms with E-state index >= 15 is 0 Å². The fraction of sp³-hybridized carbons (Fsp3) is 0. The minimum Gasteiger partial charge on any atom is -0.384 e. The Balaban J connectivity index is 0.000000150. The fourth-order valence-electron chi connectivity index (χ4n) is 6.56. The summed E-state index contributed by atoms with van der Waals surface area (Å²) < 4.78 is 0. The maximum atomic E-state index is 7.57. The van der Waals surface area contributed by atoms with Crippen molar-refractivity contribution in [3.8, 4) is 46.1 Å². The van der Waals surface area contributed by atoms with E-state index in [-0.39, 0.29) is 23.3 Å². The molecule has 0 saturated carbocycles. The van der Waals surface area contributed by atoms with Gasteiger partial charge in [0.1, 0.15) is 23.3 Å². The van der Waals surface area contributed by atoms with Crippen LogP contribution in [0.1, 0.15) is 22.3 Å². The average molecular weight is 767 g/mol. The molecule has 0 atom stereocenters. The molecule has 4 aromatic carbocycles. The number of hydrogen-bond acceptors (Lipinski definition) is 8. The molecule has 0 bridgehead atoms. The van der Waals surface area contributed by atoms with E-state index in [1.807, 2.05) is 72.8 Å². The number of fused-ring (bicyclic) bond motifs is 4. The molecule has 6 aromatic heterocycles. The van der Waals surface area contributed by atoms with E-state index in [0.717, 1.165) is 66.9 Å². The zero-order valence-electron chi connectivity index (χ0n) is 30.3. The molecule has 18 nitrogen and oxygen atoms in total. The number of nitrogens with two attached hydrogens (primary N) is 4. The minimum atomic E-state index is 0.0167. The van der Waals surface area contributed by atoms with Crippen LogP contribution in [0.2, 0.25) is 0 Å². The van der Waals surface area contributed by atoms with Gasteiger partial charge in [-0.2, -0.15) is 0 Å². The van der Waals surface area contributed by atoms with Crippen molar-refractivity contribution in [1.82, 2.24) is 49.8 Å². The van der Waals surface area contributed by atoms with Crippen LogP contribution in [0.25, 0.3) is 90.2 Å². The zero-order chi connectivity index (χ0) is 40.2. The molecule has 10 aromatic rings. The Labute approximate surface area is 326 Å². The molecule has 0 aliphatic heterocycles. The third kappa shape index (κ3) is 6.43. The van der Waals surface area contributed by atoms with Crippen molar-refractivity contribution >= 4 is 67.5 Å². The highest BCUT2D eigenvalue weighted by Crippen LogP contribution is 2.28. The Hall–Kier alpha value is -8.80. The van der Waals surface area contributed by atoms with E-state index in [9.17, 15) is 0 Å². The van der Waals surface area contributed by atoms with Gasteiger partial charge < -0.3 is 52.8 Å². The Morgan fingerprint density at radius 1 is 0.328 bits per heavy atom. The summed E-state index contributed by atoms with van der Waals surface area (Å²) in [5.74, 6) is 2.80. The molecule has 6 heterocycles. The first-order valence-electron chi connectivity index (χ1n) is 17.7.